The third kappa shape index (κ3) is 30.9. The molecule has 0 aliphatic heterocycles. The molecule has 0 amide bonds. The van der Waals surface area contributed by atoms with Crippen LogP contribution in [0.1, 0.15) is 200 Å². The van der Waals surface area contributed by atoms with Crippen LogP contribution in [0.15, 0.2) is 0 Å². The maximum atomic E-state index is 13.4. The summed E-state index contributed by atoms with van der Waals surface area (Å²) in [6, 6.07) is 0. The molecular formula is C41H81O19P3. The first-order valence-corrected chi connectivity index (χ1v) is 27.4. The van der Waals surface area contributed by atoms with E-state index in [0.29, 0.717) is 19.3 Å². The second-order valence-corrected chi connectivity index (χ2v) is 19.9. The van der Waals surface area contributed by atoms with Crippen molar-refractivity contribution in [3.63, 3.8) is 0 Å². The van der Waals surface area contributed by atoms with Gasteiger partial charge in [-0.25, -0.2) is 13.7 Å². The van der Waals surface area contributed by atoms with Crippen LogP contribution in [-0.4, -0.2) is 108 Å². The zero-order chi connectivity index (χ0) is 51.7. The van der Waals surface area contributed by atoms with Gasteiger partial charge >= 0.3 is 35.4 Å². The van der Waals surface area contributed by atoms with E-state index < -0.39 is 104 Å². The number of hydrogen-bond donors (Lipinski definition) is 8. The summed E-state index contributed by atoms with van der Waals surface area (Å²) in [6.07, 6.45) is 3.78. The lowest BCUT2D eigenvalue weighted by atomic mass is 9.85. The molecule has 0 aromatic rings. The Hall–Kier alpha value is -0.850. The van der Waals surface area contributed by atoms with Crippen molar-refractivity contribution < 1.29 is 97.5 Å². The van der Waals surface area contributed by atoms with Crippen molar-refractivity contribution >= 4 is 35.4 Å². The predicted molar refractivity (Wildman–Crippen MR) is 234 cm³/mol. The lowest BCUT2D eigenvalue weighted by Crippen LogP contribution is -2.65. The third-order valence-corrected chi connectivity index (χ3v) is 12.4. The Bertz CT molecular complexity index is 1540. The maximum Gasteiger partial charge on any atom is 0.472 e. The molecule has 63 heavy (non-hydrogen) atoms. The first-order valence-electron chi connectivity index (χ1n) is 25.3. The highest BCUT2D eigenvalue weighted by Crippen LogP contribution is 2.51. The van der Waals surface area contributed by atoms with Crippen molar-refractivity contribution in [3.8, 4) is 0 Å². The topological polar surface area (TPSA) is 303 Å². The van der Waals surface area contributed by atoms with E-state index >= 15 is 0 Å². The van der Waals surface area contributed by atoms with Gasteiger partial charge < -0.3 is 49.3 Å². The fourth-order valence-corrected chi connectivity index (χ4v) is 9.02. The predicted octanol–water partition coefficient (Wildman–Crippen LogP) is 7.96. The number of phosphoric acid groups is 3. The number of carbonyl (C=O) groups is 2. The first-order chi connectivity index (χ1) is 31.6. The molecule has 1 saturated carbocycles. The number of carbonyl (C=O) groups excluding carboxylic acids is 2. The van der Waals surface area contributed by atoms with E-state index in [1.54, 1.807) is 0 Å². The molecule has 1 rings (SSSR count). The van der Waals surface area contributed by atoms with Gasteiger partial charge in [0.15, 0.2) is 6.08 Å². The van der Waals surface area contributed by atoms with E-state index in [4.69, 9.17) is 16.3 Å². The zero-order valence-corrected chi connectivity index (χ0v) is 39.9. The summed E-state index contributed by atoms with van der Waals surface area (Å²) in [6.45, 7) is -3.99. The highest BCUT2D eigenvalue weighted by atomic mass is 31.2. The quantitative estimate of drug-likeness (QED) is 0.0164. The SMILES string of the molecule is [2H]C([2H])(OC(=O)CCCCCCCCCCCCCCC)[C@@]([2H])(OC(=O)CCCCCCCCCCCCCCC)C([2H])([2H])OP(=O)(O)OC1[C@H](O)[C@H](OP(=O)(O)O)C(O)[C@H](OP(=O)(O)O)[C@H]1O. The molecule has 22 heteroatoms. The van der Waals surface area contributed by atoms with E-state index in [1.807, 2.05) is 0 Å². The molecule has 0 saturated heterocycles. The molecule has 0 heterocycles. The number of rotatable bonds is 40. The van der Waals surface area contributed by atoms with Gasteiger partial charge in [0.25, 0.3) is 0 Å². The molecule has 0 radical (unpaired) electrons. The molecule has 1 aliphatic carbocycles. The molecule has 3 unspecified atom stereocenters. The van der Waals surface area contributed by atoms with Gasteiger partial charge in [-0.15, -0.1) is 0 Å². The van der Waals surface area contributed by atoms with Crippen LogP contribution in [0, 0.1) is 0 Å². The zero-order valence-electron chi connectivity index (χ0n) is 42.2. The van der Waals surface area contributed by atoms with Crippen LogP contribution in [0.4, 0.5) is 0 Å². The van der Waals surface area contributed by atoms with Crippen molar-refractivity contribution in [2.75, 3.05) is 13.1 Å². The third-order valence-electron chi connectivity index (χ3n) is 10.5. The van der Waals surface area contributed by atoms with Gasteiger partial charge in [0.05, 0.1) is 13.4 Å². The minimum atomic E-state index is -6.37. The summed E-state index contributed by atoms with van der Waals surface area (Å²) in [5.41, 5.74) is 0. The van der Waals surface area contributed by atoms with Crippen LogP contribution in [0.5, 0.6) is 0 Å². The standard InChI is InChI=1S/C41H81O19P3/c1-3-5-7-9-11-13-15-17-19-21-23-25-27-29-34(42)55-31-33(57-35(43)30-28-26-24-22-20-18-16-14-12-10-8-6-4-2)32-56-63(53,54)60-41-37(45)39(58-61(47,48)49)36(44)40(38(41)46)59-62(50,51)52/h33,36-41,44-46H,3-32H2,1-2H3,(H,53,54)(H2,47,48,49)(H2,50,51,52)/t33-,36?,37-,38-,39-,40+,41?/m1/s1/i31D2,32D2,33D. The summed E-state index contributed by atoms with van der Waals surface area (Å²) < 4.78 is 107. The molecule has 8 atom stereocenters. The fraction of sp³-hybridized carbons (Fsp3) is 0.951. The summed E-state index contributed by atoms with van der Waals surface area (Å²) in [7, 11) is -17.8. The van der Waals surface area contributed by atoms with Gasteiger partial charge in [-0.3, -0.25) is 27.7 Å². The van der Waals surface area contributed by atoms with Gasteiger partial charge in [-0.05, 0) is 12.8 Å². The number of phosphoric ester groups is 3. The van der Waals surface area contributed by atoms with Gasteiger partial charge in [-0.1, -0.05) is 168 Å². The highest BCUT2D eigenvalue weighted by Gasteiger charge is 2.56. The van der Waals surface area contributed by atoms with Gasteiger partial charge in [-0.2, -0.15) is 0 Å². The number of ether oxygens (including phenoxy) is 2. The number of aliphatic hydroxyl groups is 3. The van der Waals surface area contributed by atoms with E-state index in [9.17, 15) is 63.1 Å². The van der Waals surface area contributed by atoms with Crippen LogP contribution >= 0.6 is 23.5 Å². The van der Waals surface area contributed by atoms with Gasteiger partial charge in [0.1, 0.15) is 43.2 Å². The first kappa shape index (κ1) is 51.5. The maximum absolute atomic E-state index is 13.4. The summed E-state index contributed by atoms with van der Waals surface area (Å²) in [5, 5.41) is 32.0. The van der Waals surface area contributed by atoms with E-state index in [1.165, 1.54) is 70.6 Å². The molecular weight excluding hydrogens is 889 g/mol. The van der Waals surface area contributed by atoms with Crippen molar-refractivity contribution in [1.82, 2.24) is 0 Å². The highest BCUT2D eigenvalue weighted by molar-refractivity contribution is 7.47. The van der Waals surface area contributed by atoms with Crippen LogP contribution in [0.25, 0.3) is 0 Å². The van der Waals surface area contributed by atoms with E-state index in [-0.39, 0.29) is 12.8 Å². The Morgan fingerprint density at radius 2 is 0.794 bits per heavy atom. The fourth-order valence-electron chi connectivity index (χ4n) is 7.09. The van der Waals surface area contributed by atoms with Gasteiger partial charge in [0.2, 0.25) is 0 Å². The number of esters is 2. The largest absolute Gasteiger partial charge is 0.472 e. The van der Waals surface area contributed by atoms with Crippen molar-refractivity contribution in [3.05, 3.63) is 0 Å². The molecule has 374 valence electrons. The monoisotopic (exact) mass is 975 g/mol. The number of unbranched alkanes of at least 4 members (excludes halogenated alkanes) is 24. The normalized spacial score (nSPS) is 24.3. The molecule has 0 spiro atoms. The number of aliphatic hydroxyl groups excluding tert-OH is 3. The summed E-state index contributed by atoms with van der Waals surface area (Å²) in [4.78, 5) is 74.1. The smallest absolute Gasteiger partial charge is 0.462 e. The molecule has 1 fully saturated rings. The van der Waals surface area contributed by atoms with Crippen molar-refractivity contribution in [2.24, 2.45) is 0 Å². The molecule has 19 nitrogen and oxygen atoms in total. The molecule has 0 bridgehead atoms. The Morgan fingerprint density at radius 3 is 1.13 bits per heavy atom. The van der Waals surface area contributed by atoms with Crippen LogP contribution in [-0.2, 0) is 50.9 Å². The van der Waals surface area contributed by atoms with Crippen LogP contribution < -0.4 is 0 Å². The van der Waals surface area contributed by atoms with Gasteiger partial charge in [0, 0.05) is 12.8 Å². The Kier molecular flexibility index (Phi) is 28.2. The number of hydrogen-bond acceptors (Lipinski definition) is 14. The molecule has 0 aromatic carbocycles. The Balaban J connectivity index is 3.14. The molecule has 8 N–H and O–H groups in total. The van der Waals surface area contributed by atoms with Crippen molar-refractivity contribution in [2.45, 2.75) is 236 Å². The van der Waals surface area contributed by atoms with Crippen LogP contribution in [0.3, 0.4) is 0 Å². The van der Waals surface area contributed by atoms with Crippen molar-refractivity contribution in [1.29, 1.82) is 0 Å². The Morgan fingerprint density at radius 1 is 0.492 bits per heavy atom. The summed E-state index contributed by atoms with van der Waals surface area (Å²) >= 11 is 0. The minimum absolute atomic E-state index is 0.138. The molecule has 1 aliphatic rings. The average molecular weight is 976 g/mol. The second-order valence-electron chi connectivity index (χ2n) is 16.2. The molecule has 0 aromatic heterocycles. The van der Waals surface area contributed by atoms with E-state index in [2.05, 4.69) is 31.9 Å². The summed E-state index contributed by atoms with van der Waals surface area (Å²) in [5.74, 6) is -2.69. The lowest BCUT2D eigenvalue weighted by molar-refractivity contribution is -0.213. The second kappa shape index (κ2) is 34.4. The average Bonchev–Trinajstić information content (AvgIpc) is 3.21. The Labute approximate surface area is 381 Å². The minimum Gasteiger partial charge on any atom is -0.462 e. The van der Waals surface area contributed by atoms with E-state index in [0.717, 1.165) is 64.2 Å². The lowest BCUT2D eigenvalue weighted by Gasteiger charge is -2.44. The van der Waals surface area contributed by atoms with Crippen LogP contribution in [0.2, 0.25) is 0 Å².